The van der Waals surface area contributed by atoms with Crippen molar-refractivity contribution < 1.29 is 9.13 Å². The van der Waals surface area contributed by atoms with Crippen LogP contribution in [-0.2, 0) is 0 Å². The molecule has 0 radical (unpaired) electrons. The molecule has 0 saturated carbocycles. The Labute approximate surface area is 160 Å². The Morgan fingerprint density at radius 1 is 1.32 bits per heavy atom. The SMILES string of the molecule is CCOc1ccc(C=NNc2nc(-c3ccccc3)c(C#N)c(=O)[nH]2)c(F)c1. The second-order valence-electron chi connectivity index (χ2n) is 5.60. The number of aromatic amines is 1. The van der Waals surface area contributed by atoms with Crippen LogP contribution in [0.2, 0.25) is 0 Å². The van der Waals surface area contributed by atoms with Crippen molar-refractivity contribution >= 4 is 12.2 Å². The van der Waals surface area contributed by atoms with Crippen molar-refractivity contribution in [1.29, 1.82) is 5.26 Å². The van der Waals surface area contributed by atoms with Crippen LogP contribution in [0.5, 0.6) is 5.75 Å². The maximum absolute atomic E-state index is 14.0. The minimum absolute atomic E-state index is 0.0328. The van der Waals surface area contributed by atoms with Gasteiger partial charge in [-0.3, -0.25) is 9.78 Å². The molecular formula is C20H16FN5O2. The second-order valence-corrected chi connectivity index (χ2v) is 5.60. The topological polar surface area (TPSA) is 103 Å². The quantitative estimate of drug-likeness (QED) is 0.507. The first-order valence-electron chi connectivity index (χ1n) is 8.43. The highest BCUT2D eigenvalue weighted by atomic mass is 19.1. The van der Waals surface area contributed by atoms with E-state index in [9.17, 15) is 14.4 Å². The van der Waals surface area contributed by atoms with Gasteiger partial charge in [-0.25, -0.2) is 14.8 Å². The van der Waals surface area contributed by atoms with Gasteiger partial charge in [0.15, 0.2) is 0 Å². The molecule has 0 amide bonds. The van der Waals surface area contributed by atoms with Gasteiger partial charge < -0.3 is 4.74 Å². The summed E-state index contributed by atoms with van der Waals surface area (Å²) in [5.74, 6) is -0.0381. The lowest BCUT2D eigenvalue weighted by atomic mass is 10.1. The molecule has 0 bridgehead atoms. The molecule has 1 aromatic heterocycles. The molecule has 0 aliphatic rings. The van der Waals surface area contributed by atoms with E-state index in [4.69, 9.17) is 4.74 Å². The average molecular weight is 377 g/mol. The lowest BCUT2D eigenvalue weighted by molar-refractivity contribution is 0.338. The summed E-state index contributed by atoms with van der Waals surface area (Å²) in [6.45, 7) is 2.25. The molecule has 0 unspecified atom stereocenters. The number of ether oxygens (including phenoxy) is 1. The lowest BCUT2D eigenvalue weighted by Crippen LogP contribution is -2.16. The fourth-order valence-electron chi connectivity index (χ4n) is 2.47. The molecule has 0 atom stereocenters. The minimum Gasteiger partial charge on any atom is -0.494 e. The highest BCUT2D eigenvalue weighted by Gasteiger charge is 2.12. The van der Waals surface area contributed by atoms with E-state index in [2.05, 4.69) is 20.5 Å². The Hall–Kier alpha value is -3.99. The number of H-pyrrole nitrogens is 1. The maximum atomic E-state index is 14.0. The van der Waals surface area contributed by atoms with E-state index < -0.39 is 11.4 Å². The predicted octanol–water partition coefficient (Wildman–Crippen LogP) is 3.29. The third kappa shape index (κ3) is 4.22. The molecule has 1 heterocycles. The predicted molar refractivity (Wildman–Crippen MR) is 104 cm³/mol. The van der Waals surface area contributed by atoms with E-state index in [1.54, 1.807) is 30.3 Å². The van der Waals surface area contributed by atoms with Crippen molar-refractivity contribution in [2.75, 3.05) is 12.0 Å². The zero-order chi connectivity index (χ0) is 19.9. The number of hydrogen-bond acceptors (Lipinski definition) is 6. The highest BCUT2D eigenvalue weighted by molar-refractivity contribution is 5.80. The summed E-state index contributed by atoms with van der Waals surface area (Å²) >= 11 is 0. The Morgan fingerprint density at radius 3 is 2.79 bits per heavy atom. The number of nitrogens with zero attached hydrogens (tertiary/aromatic N) is 3. The molecule has 0 aliphatic carbocycles. The molecule has 140 valence electrons. The summed E-state index contributed by atoms with van der Waals surface area (Å²) in [5.41, 5.74) is 2.95. The molecule has 0 fully saturated rings. The molecule has 2 aromatic carbocycles. The van der Waals surface area contributed by atoms with Crippen LogP contribution in [0.3, 0.4) is 0 Å². The molecular weight excluding hydrogens is 361 g/mol. The van der Waals surface area contributed by atoms with Gasteiger partial charge in [-0.2, -0.15) is 10.4 Å². The smallest absolute Gasteiger partial charge is 0.270 e. The molecule has 8 heteroatoms. The van der Waals surface area contributed by atoms with Crippen molar-refractivity contribution in [2.45, 2.75) is 6.92 Å². The van der Waals surface area contributed by atoms with Crippen LogP contribution in [0.4, 0.5) is 10.3 Å². The molecule has 7 nitrogen and oxygen atoms in total. The van der Waals surface area contributed by atoms with Gasteiger partial charge in [0.05, 0.1) is 18.5 Å². The van der Waals surface area contributed by atoms with Gasteiger partial charge in [-0.1, -0.05) is 30.3 Å². The number of hydrazone groups is 1. The van der Waals surface area contributed by atoms with Crippen LogP contribution in [0.1, 0.15) is 18.1 Å². The zero-order valence-electron chi connectivity index (χ0n) is 14.9. The standard InChI is InChI=1S/C20H16FN5O2/c1-2-28-15-9-8-14(17(21)10-15)12-23-26-20-24-18(13-6-4-3-5-7-13)16(11-22)19(27)25-20/h3-10,12H,2H2,1H3,(H2,24,25,26,27). The molecule has 2 N–H and O–H groups in total. The van der Waals surface area contributed by atoms with E-state index in [1.807, 2.05) is 19.1 Å². The molecule has 3 aromatic rings. The number of aromatic nitrogens is 2. The van der Waals surface area contributed by atoms with Crippen LogP contribution < -0.4 is 15.7 Å². The van der Waals surface area contributed by atoms with Crippen LogP contribution in [0, 0.1) is 17.1 Å². The van der Waals surface area contributed by atoms with Crippen LogP contribution in [0.25, 0.3) is 11.3 Å². The monoisotopic (exact) mass is 377 g/mol. The number of rotatable bonds is 6. The van der Waals surface area contributed by atoms with Crippen molar-refractivity contribution in [3.8, 4) is 23.1 Å². The normalized spacial score (nSPS) is 10.6. The second kappa shape index (κ2) is 8.60. The first-order valence-corrected chi connectivity index (χ1v) is 8.43. The molecule has 3 rings (SSSR count). The van der Waals surface area contributed by atoms with Crippen molar-refractivity contribution in [3.05, 3.63) is 75.8 Å². The zero-order valence-corrected chi connectivity index (χ0v) is 14.9. The number of nitrogens with one attached hydrogen (secondary N) is 2. The Morgan fingerprint density at radius 2 is 2.11 bits per heavy atom. The minimum atomic E-state index is -0.596. The first kappa shape index (κ1) is 18.8. The highest BCUT2D eigenvalue weighted by Crippen LogP contribution is 2.19. The summed E-state index contributed by atoms with van der Waals surface area (Å²) < 4.78 is 19.3. The van der Waals surface area contributed by atoms with E-state index in [1.165, 1.54) is 18.3 Å². The fraction of sp³-hybridized carbons (Fsp3) is 0.100. The molecule has 28 heavy (non-hydrogen) atoms. The largest absolute Gasteiger partial charge is 0.494 e. The number of benzene rings is 2. The molecule has 0 saturated heterocycles. The number of halogens is 1. The summed E-state index contributed by atoms with van der Waals surface area (Å²) in [5, 5.41) is 13.2. The van der Waals surface area contributed by atoms with Gasteiger partial charge in [-0.15, -0.1) is 0 Å². The van der Waals surface area contributed by atoms with E-state index in [-0.39, 0.29) is 22.8 Å². The number of nitriles is 1. The van der Waals surface area contributed by atoms with Gasteiger partial charge >= 0.3 is 0 Å². The summed E-state index contributed by atoms with van der Waals surface area (Å²) in [6.07, 6.45) is 1.26. The van der Waals surface area contributed by atoms with Gasteiger partial charge in [0.1, 0.15) is 23.2 Å². The van der Waals surface area contributed by atoms with Crippen LogP contribution in [-0.4, -0.2) is 22.8 Å². The summed E-state index contributed by atoms with van der Waals surface area (Å²) in [4.78, 5) is 18.9. The average Bonchev–Trinajstić information content (AvgIpc) is 2.70. The van der Waals surface area contributed by atoms with Gasteiger partial charge in [0.25, 0.3) is 5.56 Å². The Balaban J connectivity index is 1.86. The first-order chi connectivity index (χ1) is 13.6. The van der Waals surface area contributed by atoms with Crippen molar-refractivity contribution in [3.63, 3.8) is 0 Å². The van der Waals surface area contributed by atoms with Crippen LogP contribution in [0.15, 0.2) is 58.4 Å². The Bertz CT molecular complexity index is 1100. The summed E-state index contributed by atoms with van der Waals surface area (Å²) in [7, 11) is 0. The van der Waals surface area contributed by atoms with Crippen LogP contribution >= 0.6 is 0 Å². The van der Waals surface area contributed by atoms with Crippen molar-refractivity contribution in [2.24, 2.45) is 5.10 Å². The maximum Gasteiger partial charge on any atom is 0.270 e. The third-order valence-electron chi connectivity index (χ3n) is 3.74. The third-order valence-corrected chi connectivity index (χ3v) is 3.74. The van der Waals surface area contributed by atoms with Gasteiger partial charge in [-0.05, 0) is 19.1 Å². The Kier molecular flexibility index (Phi) is 5.77. The lowest BCUT2D eigenvalue weighted by Gasteiger charge is -2.06. The molecule has 0 spiro atoms. The van der Waals surface area contributed by atoms with Gasteiger partial charge in [0, 0.05) is 17.2 Å². The van der Waals surface area contributed by atoms with Crippen molar-refractivity contribution in [1.82, 2.24) is 9.97 Å². The molecule has 0 aliphatic heterocycles. The summed E-state index contributed by atoms with van der Waals surface area (Å²) in [6, 6.07) is 15.1. The van der Waals surface area contributed by atoms with Gasteiger partial charge in [0.2, 0.25) is 5.95 Å². The number of hydrogen-bond donors (Lipinski definition) is 2. The van der Waals surface area contributed by atoms with E-state index >= 15 is 0 Å². The number of anilines is 1. The van der Waals surface area contributed by atoms with E-state index in [0.717, 1.165) is 0 Å². The fourth-order valence-corrected chi connectivity index (χ4v) is 2.47. The van der Waals surface area contributed by atoms with E-state index in [0.29, 0.717) is 17.9 Å².